The van der Waals surface area contributed by atoms with E-state index in [0.29, 0.717) is 60.6 Å². The number of carbonyl (C=O) groups is 2. The Morgan fingerprint density at radius 2 is 1.60 bits per heavy atom. The van der Waals surface area contributed by atoms with Crippen LogP contribution in [0.15, 0.2) is 78.4 Å². The van der Waals surface area contributed by atoms with Crippen molar-refractivity contribution in [3.63, 3.8) is 0 Å². The van der Waals surface area contributed by atoms with Crippen molar-refractivity contribution in [2.24, 2.45) is 28.6 Å². The number of nitrogens with zero attached hydrogens (tertiary/aromatic N) is 1. The van der Waals surface area contributed by atoms with Crippen LogP contribution in [0.4, 0.5) is 0 Å². The molecule has 8 heteroatoms. The van der Waals surface area contributed by atoms with E-state index in [9.17, 15) is 19.8 Å². The van der Waals surface area contributed by atoms with Gasteiger partial charge < -0.3 is 24.6 Å². The number of rotatable bonds is 10. The van der Waals surface area contributed by atoms with Gasteiger partial charge in [-0.1, -0.05) is 55.0 Å². The standard InChI is InChI=1S/C52H63NO6S/c1-33-8-7-18-50(2)43(41-15-12-34(23-40(54)14-11-33)24-42(41)49(56)47-27-39-9-5-6-10-46(39)60-47)17-19-52(50,57)32-53(31-51-28-36-20-37(29-51)22-38(21-36)30-51)48(55)26-35-13-16-44(58-3)45(25-35)59-4/h5-6,8-10,12-13,15-16,24-25,27,36-38,40,43,54,57H,7,11,14,17-23,26,28-32H2,1-4H3. The van der Waals surface area contributed by atoms with Crippen molar-refractivity contribution in [1.82, 2.24) is 4.90 Å². The van der Waals surface area contributed by atoms with Gasteiger partial charge in [0.1, 0.15) is 0 Å². The lowest BCUT2D eigenvalue weighted by Gasteiger charge is -2.58. The Morgan fingerprint density at radius 3 is 2.32 bits per heavy atom. The van der Waals surface area contributed by atoms with Gasteiger partial charge in [0.15, 0.2) is 11.5 Å². The summed E-state index contributed by atoms with van der Waals surface area (Å²) in [6.45, 7) is 5.33. The number of methoxy groups -OCH3 is 2. The number of aliphatic hydroxyl groups excluding tert-OH is 1. The molecule has 5 saturated carbocycles. The van der Waals surface area contributed by atoms with Crippen molar-refractivity contribution in [2.75, 3.05) is 27.3 Å². The third kappa shape index (κ3) is 7.86. The van der Waals surface area contributed by atoms with Gasteiger partial charge in [-0.3, -0.25) is 9.59 Å². The molecule has 1 amide bonds. The maximum Gasteiger partial charge on any atom is 0.227 e. The van der Waals surface area contributed by atoms with Crippen molar-refractivity contribution < 1.29 is 29.3 Å². The van der Waals surface area contributed by atoms with Crippen LogP contribution in [0.1, 0.15) is 129 Å². The van der Waals surface area contributed by atoms with Crippen molar-refractivity contribution in [3.8, 4) is 11.5 Å². The van der Waals surface area contributed by atoms with Crippen LogP contribution in [0.2, 0.25) is 0 Å². The molecule has 0 spiro atoms. The van der Waals surface area contributed by atoms with Crippen molar-refractivity contribution >= 4 is 33.1 Å². The van der Waals surface area contributed by atoms with Gasteiger partial charge in [-0.25, -0.2) is 0 Å². The van der Waals surface area contributed by atoms with E-state index < -0.39 is 17.1 Å². The Balaban J connectivity index is 1.10. The molecule has 0 aliphatic heterocycles. The van der Waals surface area contributed by atoms with Crippen LogP contribution in [0.3, 0.4) is 0 Å². The number of hydrogen-bond donors (Lipinski definition) is 2. The van der Waals surface area contributed by atoms with E-state index in [0.717, 1.165) is 57.4 Å². The molecule has 7 aliphatic carbocycles. The highest BCUT2D eigenvalue weighted by Gasteiger charge is 2.59. The summed E-state index contributed by atoms with van der Waals surface area (Å²) in [6.07, 6.45) is 14.1. The third-order valence-corrected chi connectivity index (χ3v) is 17.0. The first kappa shape index (κ1) is 41.4. The predicted octanol–water partition coefficient (Wildman–Crippen LogP) is 10.5. The molecule has 4 atom stereocenters. The number of ether oxygens (including phenoxy) is 2. The Labute approximate surface area is 360 Å². The van der Waals surface area contributed by atoms with Gasteiger partial charge in [0, 0.05) is 28.8 Å². The first-order chi connectivity index (χ1) is 28.9. The molecule has 7 aliphatic rings. The Hall–Kier alpha value is -3.98. The minimum Gasteiger partial charge on any atom is -0.493 e. The maximum absolute atomic E-state index is 15.0. The highest BCUT2D eigenvalue weighted by Crippen LogP contribution is 2.62. The summed E-state index contributed by atoms with van der Waals surface area (Å²) in [4.78, 5) is 32.6. The van der Waals surface area contributed by atoms with Gasteiger partial charge in [0.05, 0.1) is 37.2 Å². The van der Waals surface area contributed by atoms with E-state index in [-0.39, 0.29) is 36.0 Å². The Bertz CT molecular complexity index is 2220. The molecule has 4 aromatic rings. The molecule has 7 nitrogen and oxygen atoms in total. The first-order valence-electron chi connectivity index (χ1n) is 22.6. The number of allylic oxidation sites excluding steroid dienone is 2. The molecule has 1 aromatic heterocycles. The molecule has 318 valence electrons. The molecule has 6 bridgehead atoms. The second-order valence-electron chi connectivity index (χ2n) is 20.0. The van der Waals surface area contributed by atoms with E-state index in [1.807, 2.05) is 42.5 Å². The van der Waals surface area contributed by atoms with E-state index in [1.165, 1.54) is 55.4 Å². The molecule has 4 unspecified atom stereocenters. The van der Waals surface area contributed by atoms with E-state index in [1.54, 1.807) is 14.2 Å². The summed E-state index contributed by atoms with van der Waals surface area (Å²) < 4.78 is 12.2. The predicted molar refractivity (Wildman–Crippen MR) is 239 cm³/mol. The maximum atomic E-state index is 15.0. The van der Waals surface area contributed by atoms with Crippen LogP contribution in [0, 0.1) is 28.6 Å². The molecule has 0 saturated heterocycles. The largest absolute Gasteiger partial charge is 0.493 e. The third-order valence-electron chi connectivity index (χ3n) is 15.9. The van der Waals surface area contributed by atoms with Crippen molar-refractivity contribution in [1.29, 1.82) is 0 Å². The van der Waals surface area contributed by atoms with Gasteiger partial charge >= 0.3 is 0 Å². The number of carbonyl (C=O) groups excluding carboxylic acids is 2. The molecular formula is C52H63NO6S. The number of hydrogen-bond acceptors (Lipinski definition) is 7. The van der Waals surface area contributed by atoms with Crippen LogP contribution in [0.25, 0.3) is 10.1 Å². The fourth-order valence-electron chi connectivity index (χ4n) is 13.1. The molecule has 3 aromatic carbocycles. The summed E-state index contributed by atoms with van der Waals surface area (Å²) in [6, 6.07) is 22.1. The van der Waals surface area contributed by atoms with Crippen LogP contribution in [-0.4, -0.2) is 65.8 Å². The molecule has 60 heavy (non-hydrogen) atoms. The van der Waals surface area contributed by atoms with Crippen LogP contribution >= 0.6 is 11.3 Å². The number of thiophene rings is 1. The minimum absolute atomic E-state index is 0.00305. The van der Waals surface area contributed by atoms with Crippen LogP contribution in [0.5, 0.6) is 11.5 Å². The second kappa shape index (κ2) is 16.4. The zero-order chi connectivity index (χ0) is 41.8. The lowest BCUT2D eigenvalue weighted by molar-refractivity contribution is -0.148. The van der Waals surface area contributed by atoms with Gasteiger partial charge in [0.2, 0.25) is 11.7 Å². The zero-order valence-electron chi connectivity index (χ0n) is 36.0. The quantitative estimate of drug-likeness (QED) is 0.122. The molecule has 1 heterocycles. The van der Waals surface area contributed by atoms with Gasteiger partial charge in [-0.15, -0.1) is 11.3 Å². The highest BCUT2D eigenvalue weighted by molar-refractivity contribution is 7.21. The van der Waals surface area contributed by atoms with Gasteiger partial charge in [0.25, 0.3) is 0 Å². The number of aliphatic hydroxyl groups is 2. The number of fused-ring (bicyclic) bond motifs is 9. The molecule has 2 N–H and O–H groups in total. The Kier molecular flexibility index (Phi) is 11.3. The fourth-order valence-corrected chi connectivity index (χ4v) is 14.2. The van der Waals surface area contributed by atoms with Gasteiger partial charge in [-0.2, -0.15) is 0 Å². The summed E-state index contributed by atoms with van der Waals surface area (Å²) in [5.74, 6) is 3.38. The molecule has 5 fully saturated rings. The zero-order valence-corrected chi connectivity index (χ0v) is 36.8. The summed E-state index contributed by atoms with van der Waals surface area (Å²) in [5, 5.41) is 25.7. The highest BCUT2D eigenvalue weighted by atomic mass is 32.1. The summed E-state index contributed by atoms with van der Waals surface area (Å²) >= 11 is 1.53. The lowest BCUT2D eigenvalue weighted by Crippen LogP contribution is -2.58. The van der Waals surface area contributed by atoms with Crippen molar-refractivity contribution in [3.05, 3.63) is 106 Å². The SMILES string of the molecule is COc1ccc(CC(=O)N(CC23CC4CC(CC(C4)C2)C3)CC2(O)CCC3c4ccc(cc4C(=O)c4cc5ccccc5s4)CC(O)CCC(C)=CCCC32C)cc1OC. The average molecular weight is 830 g/mol. The van der Waals surface area contributed by atoms with Crippen molar-refractivity contribution in [2.45, 2.75) is 121 Å². The number of benzene rings is 3. The molecule has 0 radical (unpaired) electrons. The summed E-state index contributed by atoms with van der Waals surface area (Å²) in [7, 11) is 3.24. The van der Waals surface area contributed by atoms with Crippen LogP contribution < -0.4 is 9.47 Å². The minimum atomic E-state index is -1.20. The molecule has 11 rings (SSSR count). The molecular weight excluding hydrogens is 767 g/mol. The topological polar surface area (TPSA) is 96.3 Å². The lowest BCUT2D eigenvalue weighted by atomic mass is 9.49. The second-order valence-corrected chi connectivity index (χ2v) is 21.0. The normalized spacial score (nSPS) is 31.1. The van der Waals surface area contributed by atoms with E-state index in [4.69, 9.17) is 9.47 Å². The summed E-state index contributed by atoms with van der Waals surface area (Å²) in [5.41, 5.74) is 2.95. The first-order valence-corrected chi connectivity index (χ1v) is 23.4. The van der Waals surface area contributed by atoms with E-state index in [2.05, 4.69) is 49.1 Å². The van der Waals surface area contributed by atoms with Gasteiger partial charge in [-0.05, 0) is 172 Å². The smallest absolute Gasteiger partial charge is 0.227 e. The average Bonchev–Trinajstić information content (AvgIpc) is 3.77. The number of ketones is 1. The van der Waals surface area contributed by atoms with Crippen LogP contribution in [-0.2, 0) is 17.6 Å². The number of amides is 1. The van der Waals surface area contributed by atoms with E-state index >= 15 is 0 Å². The monoisotopic (exact) mass is 829 g/mol. The fraction of sp³-hybridized carbons (Fsp3) is 0.538. The Morgan fingerprint density at radius 1 is 0.867 bits per heavy atom.